The van der Waals surface area contributed by atoms with Crippen molar-refractivity contribution in [3.8, 4) is 0 Å². The second-order valence-electron chi connectivity index (χ2n) is 4.16. The maximum Gasteiger partial charge on any atom is 0.297 e. The van der Waals surface area contributed by atoms with Crippen LogP contribution in [0.2, 0.25) is 0 Å². The van der Waals surface area contributed by atoms with E-state index in [-0.39, 0.29) is 19.3 Å². The number of oxazole rings is 1. The van der Waals surface area contributed by atoms with Crippen molar-refractivity contribution in [1.82, 2.24) is 4.98 Å². The molecular formula is C11H18N2O3. The van der Waals surface area contributed by atoms with Gasteiger partial charge in [-0.3, -0.25) is 0 Å². The van der Waals surface area contributed by atoms with E-state index < -0.39 is 0 Å². The van der Waals surface area contributed by atoms with Gasteiger partial charge in [0.15, 0.2) is 0 Å². The Bertz CT molecular complexity index is 327. The predicted octanol–water partition coefficient (Wildman–Crippen LogP) is 0.908. The van der Waals surface area contributed by atoms with Gasteiger partial charge in [-0.2, -0.15) is 4.98 Å². The summed E-state index contributed by atoms with van der Waals surface area (Å²) in [5.74, 6) is 0. The lowest BCUT2D eigenvalue weighted by molar-refractivity contribution is 0.251. The molecule has 1 unspecified atom stereocenters. The van der Waals surface area contributed by atoms with Gasteiger partial charge in [0.1, 0.15) is 12.0 Å². The molecule has 0 amide bonds. The first-order valence-electron chi connectivity index (χ1n) is 5.78. The van der Waals surface area contributed by atoms with Gasteiger partial charge in [0.05, 0.1) is 19.3 Å². The molecule has 5 heteroatoms. The van der Waals surface area contributed by atoms with Gasteiger partial charge in [-0.25, -0.2) is 0 Å². The average molecular weight is 226 g/mol. The highest BCUT2D eigenvalue weighted by atomic mass is 16.4. The van der Waals surface area contributed by atoms with Crippen LogP contribution in [0, 0.1) is 0 Å². The Morgan fingerprint density at radius 1 is 1.38 bits per heavy atom. The number of hydrogen-bond acceptors (Lipinski definition) is 5. The van der Waals surface area contributed by atoms with Crippen molar-refractivity contribution in [1.29, 1.82) is 0 Å². The maximum absolute atomic E-state index is 9.35. The SMILES string of the molecule is OCc1coc(N2CCCCCC2CO)n1. The standard InChI is InChI=1S/C11H18N2O3/c14-6-9-8-16-11(12-9)13-5-3-1-2-4-10(13)7-15/h8,10,14-15H,1-7H2. The normalized spacial score (nSPS) is 22.1. The summed E-state index contributed by atoms with van der Waals surface area (Å²) >= 11 is 0. The fourth-order valence-corrected chi connectivity index (χ4v) is 2.12. The van der Waals surface area contributed by atoms with E-state index in [0.717, 1.165) is 25.8 Å². The molecule has 2 rings (SSSR count). The molecule has 1 aliphatic heterocycles. The molecule has 90 valence electrons. The molecule has 5 nitrogen and oxygen atoms in total. The second kappa shape index (κ2) is 5.32. The van der Waals surface area contributed by atoms with Gasteiger partial charge >= 0.3 is 0 Å². The van der Waals surface area contributed by atoms with Crippen molar-refractivity contribution in [2.24, 2.45) is 0 Å². The Morgan fingerprint density at radius 3 is 2.94 bits per heavy atom. The van der Waals surface area contributed by atoms with Crippen LogP contribution < -0.4 is 4.90 Å². The second-order valence-corrected chi connectivity index (χ2v) is 4.16. The fraction of sp³-hybridized carbons (Fsp3) is 0.727. The largest absolute Gasteiger partial charge is 0.432 e. The molecule has 2 N–H and O–H groups in total. The summed E-state index contributed by atoms with van der Waals surface area (Å²) in [4.78, 5) is 6.20. The Hall–Kier alpha value is -1.07. The number of hydrogen-bond donors (Lipinski definition) is 2. The van der Waals surface area contributed by atoms with Gasteiger partial charge < -0.3 is 19.5 Å². The minimum Gasteiger partial charge on any atom is -0.432 e. The van der Waals surface area contributed by atoms with Crippen LogP contribution in [0.4, 0.5) is 6.01 Å². The number of nitrogens with zero attached hydrogens (tertiary/aromatic N) is 2. The van der Waals surface area contributed by atoms with Crippen LogP contribution in [0.3, 0.4) is 0 Å². The van der Waals surface area contributed by atoms with E-state index in [4.69, 9.17) is 9.52 Å². The minimum atomic E-state index is -0.110. The van der Waals surface area contributed by atoms with Gasteiger partial charge in [-0.05, 0) is 12.8 Å². The van der Waals surface area contributed by atoms with E-state index in [1.54, 1.807) is 0 Å². The van der Waals surface area contributed by atoms with Gasteiger partial charge in [0.25, 0.3) is 6.01 Å². The smallest absolute Gasteiger partial charge is 0.297 e. The molecule has 16 heavy (non-hydrogen) atoms. The summed E-state index contributed by atoms with van der Waals surface area (Å²) in [5, 5.41) is 18.3. The van der Waals surface area contributed by atoms with Crippen molar-refractivity contribution in [3.05, 3.63) is 12.0 Å². The number of aliphatic hydroxyl groups excluding tert-OH is 2. The molecule has 1 fully saturated rings. The molecule has 1 saturated heterocycles. The summed E-state index contributed by atoms with van der Waals surface area (Å²) in [6, 6.07) is 0.609. The van der Waals surface area contributed by atoms with Crippen LogP contribution in [-0.4, -0.2) is 34.4 Å². The molecular weight excluding hydrogens is 208 g/mol. The lowest BCUT2D eigenvalue weighted by Gasteiger charge is -2.26. The first kappa shape index (κ1) is 11.4. The van der Waals surface area contributed by atoms with Crippen LogP contribution >= 0.6 is 0 Å². The van der Waals surface area contributed by atoms with Crippen LogP contribution in [-0.2, 0) is 6.61 Å². The maximum atomic E-state index is 9.35. The third kappa shape index (κ3) is 2.36. The third-order valence-electron chi connectivity index (χ3n) is 3.04. The third-order valence-corrected chi connectivity index (χ3v) is 3.04. The van der Waals surface area contributed by atoms with Crippen molar-refractivity contribution in [2.45, 2.75) is 38.3 Å². The lowest BCUT2D eigenvalue weighted by atomic mass is 10.1. The van der Waals surface area contributed by atoms with E-state index in [0.29, 0.717) is 11.7 Å². The minimum absolute atomic E-state index is 0.0905. The Morgan fingerprint density at radius 2 is 2.25 bits per heavy atom. The highest BCUT2D eigenvalue weighted by Gasteiger charge is 2.24. The first-order chi connectivity index (χ1) is 7.85. The fourth-order valence-electron chi connectivity index (χ4n) is 2.12. The topological polar surface area (TPSA) is 69.7 Å². The van der Waals surface area contributed by atoms with E-state index in [1.807, 2.05) is 4.90 Å². The van der Waals surface area contributed by atoms with E-state index >= 15 is 0 Å². The number of aromatic nitrogens is 1. The molecule has 0 aromatic carbocycles. The molecule has 0 aliphatic carbocycles. The van der Waals surface area contributed by atoms with Crippen molar-refractivity contribution in [2.75, 3.05) is 18.1 Å². The molecule has 1 aromatic rings. The Kier molecular flexibility index (Phi) is 3.79. The first-order valence-corrected chi connectivity index (χ1v) is 5.78. The quantitative estimate of drug-likeness (QED) is 0.801. The van der Waals surface area contributed by atoms with E-state index in [1.165, 1.54) is 12.7 Å². The lowest BCUT2D eigenvalue weighted by Crippen LogP contribution is -2.37. The Labute approximate surface area is 94.7 Å². The molecule has 1 aromatic heterocycles. The van der Waals surface area contributed by atoms with Crippen LogP contribution in [0.5, 0.6) is 0 Å². The zero-order chi connectivity index (χ0) is 11.4. The molecule has 0 spiro atoms. The zero-order valence-electron chi connectivity index (χ0n) is 9.30. The van der Waals surface area contributed by atoms with Crippen LogP contribution in [0.15, 0.2) is 10.7 Å². The predicted molar refractivity (Wildman–Crippen MR) is 59.1 cm³/mol. The summed E-state index contributed by atoms with van der Waals surface area (Å²) < 4.78 is 5.33. The van der Waals surface area contributed by atoms with Gasteiger partial charge in [0.2, 0.25) is 0 Å². The molecule has 0 radical (unpaired) electrons. The zero-order valence-corrected chi connectivity index (χ0v) is 9.30. The summed E-state index contributed by atoms with van der Waals surface area (Å²) in [7, 11) is 0. The highest BCUT2D eigenvalue weighted by molar-refractivity contribution is 5.29. The molecule has 0 saturated carbocycles. The number of anilines is 1. The summed E-state index contributed by atoms with van der Waals surface area (Å²) in [6.45, 7) is 0.870. The van der Waals surface area contributed by atoms with Gasteiger partial charge in [-0.15, -0.1) is 0 Å². The average Bonchev–Trinajstić information content (AvgIpc) is 2.66. The molecule has 1 aliphatic rings. The van der Waals surface area contributed by atoms with Gasteiger partial charge in [-0.1, -0.05) is 12.8 Å². The number of rotatable bonds is 3. The molecule has 1 atom stereocenters. The summed E-state index contributed by atoms with van der Waals surface area (Å²) in [5.41, 5.74) is 0.538. The number of aliphatic hydroxyl groups is 2. The highest BCUT2D eigenvalue weighted by Crippen LogP contribution is 2.23. The summed E-state index contributed by atoms with van der Waals surface area (Å²) in [6.07, 6.45) is 5.84. The van der Waals surface area contributed by atoms with E-state index in [9.17, 15) is 5.11 Å². The molecule has 0 bridgehead atoms. The van der Waals surface area contributed by atoms with Crippen molar-refractivity contribution in [3.63, 3.8) is 0 Å². The van der Waals surface area contributed by atoms with E-state index in [2.05, 4.69) is 4.98 Å². The van der Waals surface area contributed by atoms with Crippen LogP contribution in [0.25, 0.3) is 0 Å². The Balaban J connectivity index is 2.14. The molecule has 2 heterocycles. The van der Waals surface area contributed by atoms with Crippen molar-refractivity contribution < 1.29 is 14.6 Å². The monoisotopic (exact) mass is 226 g/mol. The van der Waals surface area contributed by atoms with Crippen molar-refractivity contribution >= 4 is 6.01 Å². The van der Waals surface area contributed by atoms with Crippen LogP contribution in [0.1, 0.15) is 31.4 Å². The van der Waals surface area contributed by atoms with Gasteiger partial charge in [0, 0.05) is 6.54 Å².